The van der Waals surface area contributed by atoms with E-state index in [9.17, 15) is 4.57 Å². The van der Waals surface area contributed by atoms with Gasteiger partial charge in [-0.05, 0) is 42.7 Å². The van der Waals surface area contributed by atoms with E-state index in [1.165, 1.54) is 12.7 Å². The Labute approximate surface area is 260 Å². The average molecular weight is 651 g/mol. The van der Waals surface area contributed by atoms with Gasteiger partial charge < -0.3 is 25.5 Å². The van der Waals surface area contributed by atoms with E-state index in [-0.39, 0.29) is 24.8 Å². The molecule has 4 aromatic heterocycles. The number of phosphoric acid groups is 1. The molecule has 0 saturated heterocycles. The van der Waals surface area contributed by atoms with Gasteiger partial charge in [-0.2, -0.15) is 0 Å². The van der Waals surface area contributed by atoms with Crippen LogP contribution in [0.1, 0.15) is 12.5 Å². The Balaban J connectivity index is 1.02. The van der Waals surface area contributed by atoms with Crippen LogP contribution in [0, 0.1) is 0 Å². The summed E-state index contributed by atoms with van der Waals surface area (Å²) >= 11 is 1.57. The lowest BCUT2D eigenvalue weighted by atomic mass is 10.3. The summed E-state index contributed by atoms with van der Waals surface area (Å²) in [6, 6.07) is 7.10. The molecule has 2 aliphatic rings. The number of nitrogens with two attached hydrogens (primary N) is 2. The van der Waals surface area contributed by atoms with Gasteiger partial charge in [-0.15, -0.1) is 11.8 Å². The molecule has 0 spiro atoms. The SMILES string of the molecule is CSc1ccc(OP(=O)(OC[C@@H]2C=C[C@H](n3cnc4c(N)ncnc43)O2)OC[C@@H]2C=C[C@H](n3cnc4c(N)ncnc43)O2)cc1. The molecule has 2 aliphatic heterocycles. The molecule has 4 N–H and O–H groups in total. The fourth-order valence-corrected chi connectivity index (χ4v) is 6.41. The predicted octanol–water partition coefficient (Wildman–Crippen LogP) is 3.68. The van der Waals surface area contributed by atoms with Crippen molar-refractivity contribution in [1.82, 2.24) is 39.0 Å². The smallest absolute Gasteiger partial charge is 0.404 e. The third kappa shape index (κ3) is 6.01. The van der Waals surface area contributed by atoms with Crippen LogP contribution in [0.2, 0.25) is 0 Å². The van der Waals surface area contributed by atoms with E-state index in [1.807, 2.05) is 30.5 Å². The van der Waals surface area contributed by atoms with Gasteiger partial charge in [0.2, 0.25) is 0 Å². The number of benzene rings is 1. The van der Waals surface area contributed by atoms with E-state index in [0.29, 0.717) is 28.1 Å². The zero-order valence-corrected chi connectivity index (χ0v) is 25.4. The maximum atomic E-state index is 14.0. The number of hydrogen-bond donors (Lipinski definition) is 2. The fourth-order valence-electron chi connectivity index (χ4n) is 4.78. The Morgan fingerprint density at radius 3 is 1.78 bits per heavy atom. The second kappa shape index (κ2) is 12.2. The molecule has 7 rings (SSSR count). The highest BCUT2D eigenvalue weighted by molar-refractivity contribution is 7.98. The summed E-state index contributed by atoms with van der Waals surface area (Å²) in [4.78, 5) is 26.0. The quantitative estimate of drug-likeness (QED) is 0.119. The lowest BCUT2D eigenvalue weighted by Gasteiger charge is -2.22. The minimum atomic E-state index is -4.17. The largest absolute Gasteiger partial charge is 0.530 e. The van der Waals surface area contributed by atoms with Crippen molar-refractivity contribution < 1.29 is 27.6 Å². The molecule has 1 aromatic carbocycles. The monoisotopic (exact) mass is 650 g/mol. The first-order chi connectivity index (χ1) is 21.9. The molecule has 0 bridgehead atoms. The summed E-state index contributed by atoms with van der Waals surface area (Å²) in [6.07, 6.45) is 12.8. The molecule has 5 aromatic rings. The molecule has 18 heteroatoms. The number of imidazole rings is 2. The van der Waals surface area contributed by atoms with Gasteiger partial charge in [0.25, 0.3) is 0 Å². The first-order valence-corrected chi connectivity index (χ1v) is 16.3. The Hall–Kier alpha value is -4.38. The number of nitrogens with zero attached hydrogens (tertiary/aromatic N) is 8. The minimum Gasteiger partial charge on any atom is -0.404 e. The molecule has 0 saturated carbocycles. The maximum absolute atomic E-state index is 14.0. The van der Waals surface area contributed by atoms with Gasteiger partial charge in [-0.3, -0.25) is 18.2 Å². The molecule has 45 heavy (non-hydrogen) atoms. The molecule has 0 radical (unpaired) electrons. The van der Waals surface area contributed by atoms with E-state index >= 15 is 0 Å². The average Bonchev–Trinajstić information content (AvgIpc) is 3.86. The normalized spacial score (nSPS) is 21.4. The van der Waals surface area contributed by atoms with Crippen LogP contribution in [0.4, 0.5) is 11.6 Å². The highest BCUT2D eigenvalue weighted by Crippen LogP contribution is 2.50. The van der Waals surface area contributed by atoms with E-state index in [1.54, 1.807) is 57.8 Å². The number of rotatable bonds is 11. The molecule has 16 nitrogen and oxygen atoms in total. The van der Waals surface area contributed by atoms with Gasteiger partial charge in [0.15, 0.2) is 35.4 Å². The number of fused-ring (bicyclic) bond motifs is 2. The second-order valence-corrected chi connectivity index (χ2v) is 12.3. The summed E-state index contributed by atoms with van der Waals surface area (Å²) in [5, 5.41) is 0. The summed E-state index contributed by atoms with van der Waals surface area (Å²) in [6.45, 7) is -0.244. The lowest BCUT2D eigenvalue weighted by Crippen LogP contribution is -2.20. The standard InChI is InChI=1S/C27H27N10O6PS/c1-45-19-6-2-16(3-7-19)43-44(38,39-10-17-4-8-20(41-17)36-14-34-22-24(28)30-12-32-26(22)36)40-11-18-5-9-21(42-18)37-15-35-23-25(29)31-13-33-27(23)37/h2-9,12-15,17-18,20-21H,10-11H2,1H3,(H2,28,30,32)(H2,29,31,33)/t17-,18-,20+,21+/m0/s1. The van der Waals surface area contributed by atoms with Crippen molar-refractivity contribution in [2.24, 2.45) is 0 Å². The number of aromatic nitrogens is 8. The Morgan fingerprint density at radius 1 is 0.778 bits per heavy atom. The first kappa shape index (κ1) is 29.3. The van der Waals surface area contributed by atoms with Crippen LogP contribution in [0.3, 0.4) is 0 Å². The van der Waals surface area contributed by atoms with Crippen molar-refractivity contribution in [2.45, 2.75) is 29.6 Å². The Bertz CT molecular complexity index is 1840. The summed E-state index contributed by atoms with van der Waals surface area (Å²) in [7, 11) is -4.17. The molecule has 0 aliphatic carbocycles. The molecule has 0 amide bonds. The topological polar surface area (TPSA) is 202 Å². The van der Waals surface area contributed by atoms with Gasteiger partial charge in [-0.25, -0.2) is 34.5 Å². The number of hydrogen-bond acceptors (Lipinski definition) is 15. The summed E-state index contributed by atoms with van der Waals surface area (Å²) < 4.78 is 47.0. The third-order valence-corrected chi connectivity index (χ3v) is 9.11. The van der Waals surface area contributed by atoms with Crippen LogP contribution < -0.4 is 16.0 Å². The predicted molar refractivity (Wildman–Crippen MR) is 164 cm³/mol. The van der Waals surface area contributed by atoms with Gasteiger partial charge in [0.1, 0.15) is 41.6 Å². The van der Waals surface area contributed by atoms with Crippen LogP contribution in [-0.2, 0) is 23.1 Å². The highest BCUT2D eigenvalue weighted by atomic mass is 32.2. The van der Waals surface area contributed by atoms with Gasteiger partial charge >= 0.3 is 7.82 Å². The number of nitrogen functional groups attached to an aromatic ring is 2. The van der Waals surface area contributed by atoms with E-state index < -0.39 is 32.5 Å². The van der Waals surface area contributed by atoms with E-state index in [4.69, 9.17) is 34.5 Å². The molecule has 0 fully saturated rings. The van der Waals surface area contributed by atoms with Gasteiger partial charge in [0.05, 0.1) is 25.9 Å². The number of anilines is 2. The zero-order valence-electron chi connectivity index (χ0n) is 23.7. The van der Waals surface area contributed by atoms with Crippen LogP contribution in [-0.4, -0.2) is 70.7 Å². The minimum absolute atomic E-state index is 0.122. The summed E-state index contributed by atoms with van der Waals surface area (Å²) in [5.74, 6) is 0.860. The van der Waals surface area contributed by atoms with Crippen LogP contribution in [0.25, 0.3) is 22.3 Å². The van der Waals surface area contributed by atoms with Gasteiger partial charge in [0, 0.05) is 4.90 Å². The molecular weight excluding hydrogens is 623 g/mol. The number of ether oxygens (including phenoxy) is 2. The zero-order chi connectivity index (χ0) is 31.0. The molecule has 232 valence electrons. The summed E-state index contributed by atoms with van der Waals surface area (Å²) in [5.41, 5.74) is 13.8. The Morgan fingerprint density at radius 2 is 1.29 bits per heavy atom. The second-order valence-electron chi connectivity index (χ2n) is 9.87. The third-order valence-electron chi connectivity index (χ3n) is 7.00. The number of phosphoric ester groups is 1. The molecule has 6 heterocycles. The fraction of sp³-hybridized carbons (Fsp3) is 0.259. The first-order valence-electron chi connectivity index (χ1n) is 13.7. The van der Waals surface area contributed by atoms with Crippen molar-refractivity contribution >= 4 is 53.5 Å². The molecule has 0 unspecified atom stereocenters. The number of thioether (sulfide) groups is 1. The maximum Gasteiger partial charge on any atom is 0.530 e. The van der Waals surface area contributed by atoms with Crippen molar-refractivity contribution in [3.63, 3.8) is 0 Å². The van der Waals surface area contributed by atoms with Crippen LogP contribution in [0.5, 0.6) is 5.75 Å². The highest BCUT2D eigenvalue weighted by Gasteiger charge is 2.34. The lowest BCUT2D eigenvalue weighted by molar-refractivity contribution is -0.0205. The molecular formula is C27H27N10O6PS. The Kier molecular flexibility index (Phi) is 7.95. The van der Waals surface area contributed by atoms with Crippen LogP contribution in [0.15, 0.2) is 78.8 Å². The van der Waals surface area contributed by atoms with Crippen molar-refractivity contribution in [1.29, 1.82) is 0 Å². The van der Waals surface area contributed by atoms with E-state index in [2.05, 4.69) is 29.9 Å². The van der Waals surface area contributed by atoms with Crippen molar-refractivity contribution in [2.75, 3.05) is 30.9 Å². The van der Waals surface area contributed by atoms with Crippen LogP contribution >= 0.6 is 19.6 Å². The van der Waals surface area contributed by atoms with Gasteiger partial charge in [-0.1, -0.05) is 12.2 Å². The van der Waals surface area contributed by atoms with E-state index in [0.717, 1.165) is 4.90 Å². The molecule has 4 atom stereocenters. The van der Waals surface area contributed by atoms with Crippen molar-refractivity contribution in [3.05, 3.63) is 73.9 Å². The van der Waals surface area contributed by atoms with Crippen molar-refractivity contribution in [3.8, 4) is 5.75 Å².